The Bertz CT molecular complexity index is 111. The van der Waals surface area contributed by atoms with E-state index in [0.717, 1.165) is 12.8 Å². The summed E-state index contributed by atoms with van der Waals surface area (Å²) in [6.45, 7) is 0.160. The van der Waals surface area contributed by atoms with Crippen LogP contribution in [0.25, 0.3) is 0 Å². The highest BCUT2D eigenvalue weighted by atomic mass is 35.5. The summed E-state index contributed by atoms with van der Waals surface area (Å²) in [4.78, 5) is 0. The molecule has 1 aliphatic rings. The summed E-state index contributed by atoms with van der Waals surface area (Å²) < 4.78 is 0. The third kappa shape index (κ3) is 3.74. The number of hydrogen-bond donors (Lipinski definition) is 2. The van der Waals surface area contributed by atoms with E-state index in [1.165, 1.54) is 32.1 Å². The Hall–Kier alpha value is 0.210. The third-order valence-corrected chi connectivity index (χ3v) is 2.66. The molecule has 0 unspecified atom stereocenters. The summed E-state index contributed by atoms with van der Waals surface area (Å²) in [5.74, 6) is 0. The second-order valence-corrected chi connectivity index (χ2v) is 3.79. The average molecular weight is 194 g/mol. The molecule has 74 valence electrons. The van der Waals surface area contributed by atoms with Crippen LogP contribution in [0.15, 0.2) is 0 Å². The SMILES string of the molecule is Cl.NC1(CO)CCCCCCC1. The number of halogens is 1. The summed E-state index contributed by atoms with van der Waals surface area (Å²) in [7, 11) is 0. The van der Waals surface area contributed by atoms with Gasteiger partial charge >= 0.3 is 0 Å². The van der Waals surface area contributed by atoms with Crippen molar-refractivity contribution in [3.8, 4) is 0 Å². The van der Waals surface area contributed by atoms with Crippen molar-refractivity contribution in [2.45, 2.75) is 50.5 Å². The Morgan fingerprint density at radius 2 is 1.42 bits per heavy atom. The molecule has 0 aliphatic heterocycles. The fourth-order valence-electron chi connectivity index (χ4n) is 1.77. The van der Waals surface area contributed by atoms with Crippen LogP contribution in [0.5, 0.6) is 0 Å². The van der Waals surface area contributed by atoms with E-state index in [9.17, 15) is 0 Å². The van der Waals surface area contributed by atoms with Crippen molar-refractivity contribution >= 4 is 12.4 Å². The number of hydrogen-bond acceptors (Lipinski definition) is 2. The smallest absolute Gasteiger partial charge is 0.0611 e. The van der Waals surface area contributed by atoms with Gasteiger partial charge in [0.25, 0.3) is 0 Å². The van der Waals surface area contributed by atoms with Crippen LogP contribution in [0.3, 0.4) is 0 Å². The molecule has 1 saturated carbocycles. The second kappa shape index (κ2) is 5.79. The first kappa shape index (κ1) is 12.2. The molecule has 3 N–H and O–H groups in total. The highest BCUT2D eigenvalue weighted by Gasteiger charge is 2.23. The van der Waals surface area contributed by atoms with Crippen molar-refractivity contribution in [1.82, 2.24) is 0 Å². The number of aliphatic hydroxyl groups excluding tert-OH is 1. The molecule has 1 aliphatic carbocycles. The molecule has 0 bridgehead atoms. The fourth-order valence-corrected chi connectivity index (χ4v) is 1.77. The van der Waals surface area contributed by atoms with Crippen molar-refractivity contribution in [3.05, 3.63) is 0 Å². The van der Waals surface area contributed by atoms with Crippen LogP contribution < -0.4 is 5.73 Å². The first-order valence-corrected chi connectivity index (χ1v) is 4.67. The van der Waals surface area contributed by atoms with E-state index in [-0.39, 0.29) is 24.6 Å². The molecule has 0 radical (unpaired) electrons. The van der Waals surface area contributed by atoms with Crippen LogP contribution in [0, 0.1) is 0 Å². The zero-order valence-electron chi connectivity index (χ0n) is 7.59. The van der Waals surface area contributed by atoms with Gasteiger partial charge in [0.2, 0.25) is 0 Å². The lowest BCUT2D eigenvalue weighted by Crippen LogP contribution is -2.43. The maximum atomic E-state index is 9.04. The van der Waals surface area contributed by atoms with Crippen molar-refractivity contribution in [2.75, 3.05) is 6.61 Å². The normalized spacial score (nSPS) is 23.5. The average Bonchev–Trinajstić information content (AvgIpc) is 1.98. The van der Waals surface area contributed by atoms with Gasteiger partial charge in [-0.05, 0) is 12.8 Å². The van der Waals surface area contributed by atoms with Gasteiger partial charge < -0.3 is 10.8 Å². The lowest BCUT2D eigenvalue weighted by Gasteiger charge is -2.28. The Balaban J connectivity index is 0.00000121. The van der Waals surface area contributed by atoms with E-state index in [1.54, 1.807) is 0 Å². The summed E-state index contributed by atoms with van der Waals surface area (Å²) in [6.07, 6.45) is 8.32. The Morgan fingerprint density at radius 1 is 1.00 bits per heavy atom. The van der Waals surface area contributed by atoms with E-state index in [0.29, 0.717) is 0 Å². The predicted molar refractivity (Wildman–Crippen MR) is 53.6 cm³/mol. The minimum absolute atomic E-state index is 0. The standard InChI is InChI=1S/C9H19NO.ClH/c10-9(8-11)6-4-2-1-3-5-7-9;/h11H,1-8,10H2;1H. The molecule has 0 heterocycles. The topological polar surface area (TPSA) is 46.2 Å². The van der Waals surface area contributed by atoms with Gasteiger partial charge in [-0.2, -0.15) is 0 Å². The lowest BCUT2D eigenvalue weighted by atomic mass is 9.86. The predicted octanol–water partition coefficient (Wildman–Crippen LogP) is 1.84. The van der Waals surface area contributed by atoms with Crippen LogP contribution in [0.4, 0.5) is 0 Å². The highest BCUT2D eigenvalue weighted by molar-refractivity contribution is 5.85. The summed E-state index contributed by atoms with van der Waals surface area (Å²) in [5.41, 5.74) is 5.73. The monoisotopic (exact) mass is 193 g/mol. The molecule has 0 saturated heterocycles. The van der Waals surface area contributed by atoms with Gasteiger partial charge in [-0.1, -0.05) is 32.1 Å². The van der Waals surface area contributed by atoms with Gasteiger partial charge in [-0.3, -0.25) is 0 Å². The Kier molecular flexibility index (Phi) is 5.89. The van der Waals surface area contributed by atoms with Crippen molar-refractivity contribution < 1.29 is 5.11 Å². The molecule has 3 heteroatoms. The van der Waals surface area contributed by atoms with Crippen molar-refractivity contribution in [3.63, 3.8) is 0 Å². The molecule has 0 spiro atoms. The van der Waals surface area contributed by atoms with Gasteiger partial charge in [0.1, 0.15) is 0 Å². The zero-order chi connectivity index (χ0) is 8.16. The molecule has 0 aromatic heterocycles. The molecule has 1 rings (SSSR count). The van der Waals surface area contributed by atoms with Gasteiger partial charge in [-0.25, -0.2) is 0 Å². The van der Waals surface area contributed by atoms with Gasteiger partial charge in [0, 0.05) is 5.54 Å². The molecule has 2 nitrogen and oxygen atoms in total. The largest absolute Gasteiger partial charge is 0.394 e. The fraction of sp³-hybridized carbons (Fsp3) is 1.00. The maximum Gasteiger partial charge on any atom is 0.0611 e. The molecule has 0 aromatic rings. The van der Waals surface area contributed by atoms with Crippen molar-refractivity contribution in [2.24, 2.45) is 5.73 Å². The van der Waals surface area contributed by atoms with E-state index in [2.05, 4.69) is 0 Å². The number of nitrogens with two attached hydrogens (primary N) is 1. The summed E-state index contributed by atoms with van der Waals surface area (Å²) >= 11 is 0. The van der Waals surface area contributed by atoms with E-state index in [4.69, 9.17) is 10.8 Å². The van der Waals surface area contributed by atoms with E-state index >= 15 is 0 Å². The van der Waals surface area contributed by atoms with Crippen molar-refractivity contribution in [1.29, 1.82) is 0 Å². The third-order valence-electron chi connectivity index (χ3n) is 2.66. The van der Waals surface area contributed by atoms with Crippen LogP contribution in [-0.4, -0.2) is 17.3 Å². The number of aliphatic hydroxyl groups is 1. The molecule has 0 amide bonds. The number of rotatable bonds is 1. The zero-order valence-corrected chi connectivity index (χ0v) is 8.41. The molecular formula is C9H20ClNO. The van der Waals surface area contributed by atoms with Crippen LogP contribution in [-0.2, 0) is 0 Å². The second-order valence-electron chi connectivity index (χ2n) is 3.79. The minimum atomic E-state index is -0.250. The first-order valence-electron chi connectivity index (χ1n) is 4.67. The molecule has 12 heavy (non-hydrogen) atoms. The minimum Gasteiger partial charge on any atom is -0.394 e. The molecule has 0 atom stereocenters. The van der Waals surface area contributed by atoms with Crippen LogP contribution in [0.1, 0.15) is 44.9 Å². The molecule has 0 aromatic carbocycles. The van der Waals surface area contributed by atoms with Gasteiger partial charge in [0.05, 0.1) is 6.61 Å². The molecular weight excluding hydrogens is 174 g/mol. The van der Waals surface area contributed by atoms with Gasteiger partial charge in [-0.15, -0.1) is 12.4 Å². The maximum absolute atomic E-state index is 9.04. The van der Waals surface area contributed by atoms with Gasteiger partial charge in [0.15, 0.2) is 0 Å². The summed E-state index contributed by atoms with van der Waals surface area (Å²) in [6, 6.07) is 0. The lowest BCUT2D eigenvalue weighted by molar-refractivity contribution is 0.166. The first-order chi connectivity index (χ1) is 5.27. The highest BCUT2D eigenvalue weighted by Crippen LogP contribution is 2.23. The quantitative estimate of drug-likeness (QED) is 0.668. The Morgan fingerprint density at radius 3 is 1.83 bits per heavy atom. The molecule has 1 fully saturated rings. The van der Waals surface area contributed by atoms with Crippen LogP contribution in [0.2, 0.25) is 0 Å². The Labute approximate surface area is 80.9 Å². The van der Waals surface area contributed by atoms with E-state index < -0.39 is 0 Å². The summed E-state index contributed by atoms with van der Waals surface area (Å²) in [5, 5.41) is 9.04. The van der Waals surface area contributed by atoms with Crippen LogP contribution >= 0.6 is 12.4 Å². The van der Waals surface area contributed by atoms with E-state index in [1.807, 2.05) is 0 Å².